The van der Waals surface area contributed by atoms with Crippen molar-refractivity contribution in [2.45, 2.75) is 38.1 Å². The van der Waals surface area contributed by atoms with E-state index < -0.39 is 0 Å². The zero-order valence-corrected chi connectivity index (χ0v) is 13.1. The molecule has 3 nitrogen and oxygen atoms in total. The Morgan fingerprint density at radius 2 is 1.81 bits per heavy atom. The molecule has 1 aliphatic heterocycles. The summed E-state index contributed by atoms with van der Waals surface area (Å²) in [5.41, 5.74) is 2.93. The van der Waals surface area contributed by atoms with Gasteiger partial charge in [-0.25, -0.2) is 0 Å². The molecule has 1 aliphatic carbocycles. The maximum Gasteiger partial charge on any atom is 0.0628 e. The van der Waals surface area contributed by atoms with Crippen molar-refractivity contribution in [1.82, 2.24) is 10.2 Å². The summed E-state index contributed by atoms with van der Waals surface area (Å²) in [5, 5.41) is 13.6. The molecule has 3 heteroatoms. The molecule has 1 unspecified atom stereocenters. The summed E-state index contributed by atoms with van der Waals surface area (Å²) in [6.45, 7) is 6.54. The molecule has 1 heterocycles. The fraction of sp³-hybridized carbons (Fsp3) is 0.667. The van der Waals surface area contributed by atoms with Crippen LogP contribution in [-0.4, -0.2) is 48.3 Å². The van der Waals surface area contributed by atoms with Crippen molar-refractivity contribution < 1.29 is 5.11 Å². The van der Waals surface area contributed by atoms with E-state index >= 15 is 0 Å². The molecule has 1 saturated carbocycles. The summed E-state index contributed by atoms with van der Waals surface area (Å²) in [5.74, 6) is 0.660. The number of hydrogen-bond acceptors (Lipinski definition) is 3. The fourth-order valence-electron chi connectivity index (χ4n) is 3.82. The molecule has 2 aliphatic rings. The van der Waals surface area contributed by atoms with Crippen molar-refractivity contribution in [2.75, 3.05) is 32.8 Å². The van der Waals surface area contributed by atoms with Crippen LogP contribution in [0.25, 0.3) is 0 Å². The van der Waals surface area contributed by atoms with Crippen LogP contribution in [0.15, 0.2) is 24.3 Å². The Bertz CT molecular complexity index is 445. The second kappa shape index (κ2) is 6.47. The number of hydrogen-bond donors (Lipinski definition) is 2. The highest BCUT2D eigenvalue weighted by Crippen LogP contribution is 2.40. The smallest absolute Gasteiger partial charge is 0.0628 e. The molecule has 0 spiro atoms. The third-order valence-electron chi connectivity index (χ3n) is 5.19. The van der Waals surface area contributed by atoms with Crippen LogP contribution in [0, 0.1) is 5.92 Å². The van der Waals surface area contributed by atoms with Crippen LogP contribution in [-0.2, 0) is 12.8 Å². The van der Waals surface area contributed by atoms with E-state index in [1.165, 1.54) is 24.0 Å². The third-order valence-corrected chi connectivity index (χ3v) is 5.19. The number of aliphatic hydroxyl groups excluding tert-OH is 1. The van der Waals surface area contributed by atoms with E-state index in [0.717, 1.165) is 39.0 Å². The first kappa shape index (κ1) is 15.0. The van der Waals surface area contributed by atoms with Gasteiger partial charge in [-0.15, -0.1) is 0 Å². The van der Waals surface area contributed by atoms with Gasteiger partial charge < -0.3 is 15.3 Å². The minimum absolute atomic E-state index is 0.0781. The number of rotatable bonds is 6. The molecule has 2 N–H and O–H groups in total. The molecule has 1 fully saturated rings. The van der Waals surface area contributed by atoms with Gasteiger partial charge in [-0.05, 0) is 49.3 Å². The first-order chi connectivity index (χ1) is 10.3. The minimum atomic E-state index is -0.0781. The molecule has 1 aromatic rings. The number of benzene rings is 1. The van der Waals surface area contributed by atoms with Gasteiger partial charge in [-0.2, -0.15) is 0 Å². The van der Waals surface area contributed by atoms with Crippen LogP contribution in [0.2, 0.25) is 0 Å². The topological polar surface area (TPSA) is 35.5 Å². The van der Waals surface area contributed by atoms with Crippen LogP contribution in [0.4, 0.5) is 0 Å². The molecule has 0 bridgehead atoms. The van der Waals surface area contributed by atoms with Crippen LogP contribution < -0.4 is 5.32 Å². The lowest BCUT2D eigenvalue weighted by Crippen LogP contribution is -2.58. The molecule has 1 atom stereocenters. The summed E-state index contributed by atoms with van der Waals surface area (Å²) in [4.78, 5) is 2.55. The van der Waals surface area contributed by atoms with Gasteiger partial charge in [0.2, 0.25) is 0 Å². The Labute approximate surface area is 128 Å². The first-order valence-electron chi connectivity index (χ1n) is 8.42. The number of nitrogens with one attached hydrogen (secondary N) is 1. The summed E-state index contributed by atoms with van der Waals surface area (Å²) in [7, 11) is 0. The quantitative estimate of drug-likeness (QED) is 0.838. The summed E-state index contributed by atoms with van der Waals surface area (Å²) >= 11 is 0. The van der Waals surface area contributed by atoms with Crippen molar-refractivity contribution in [3.8, 4) is 0 Å². The van der Waals surface area contributed by atoms with Gasteiger partial charge in [0.15, 0.2) is 0 Å². The largest absolute Gasteiger partial charge is 0.394 e. The Morgan fingerprint density at radius 1 is 1.19 bits per heavy atom. The normalized spacial score (nSPS) is 22.4. The predicted molar refractivity (Wildman–Crippen MR) is 86.5 cm³/mol. The van der Waals surface area contributed by atoms with Crippen LogP contribution in [0.1, 0.15) is 30.9 Å². The van der Waals surface area contributed by atoms with Crippen LogP contribution >= 0.6 is 0 Å². The van der Waals surface area contributed by atoms with Crippen LogP contribution in [0.5, 0.6) is 0 Å². The average molecular weight is 288 g/mol. The lowest BCUT2D eigenvalue weighted by Gasteiger charge is -2.38. The third kappa shape index (κ3) is 3.31. The molecule has 0 aromatic heterocycles. The molecule has 1 aromatic carbocycles. The molecular weight excluding hydrogens is 260 g/mol. The lowest BCUT2D eigenvalue weighted by molar-refractivity contribution is 0.0936. The van der Waals surface area contributed by atoms with Crippen molar-refractivity contribution in [3.63, 3.8) is 0 Å². The van der Waals surface area contributed by atoms with E-state index in [1.807, 2.05) is 0 Å². The fourth-order valence-corrected chi connectivity index (χ4v) is 3.82. The van der Waals surface area contributed by atoms with Gasteiger partial charge in [0.1, 0.15) is 0 Å². The van der Waals surface area contributed by atoms with Crippen molar-refractivity contribution >= 4 is 0 Å². The highest BCUT2D eigenvalue weighted by Gasteiger charge is 2.45. The van der Waals surface area contributed by atoms with Gasteiger partial charge in [0.05, 0.1) is 12.1 Å². The van der Waals surface area contributed by atoms with Gasteiger partial charge in [0, 0.05) is 19.6 Å². The first-order valence-corrected chi connectivity index (χ1v) is 8.42. The SMILES string of the molecule is CCNC(CO)(CN1CCc2ccccc2CC1)C1CC1. The lowest BCUT2D eigenvalue weighted by atomic mass is 9.93. The number of nitrogens with zero attached hydrogens (tertiary/aromatic N) is 1. The molecule has 0 amide bonds. The number of fused-ring (bicyclic) bond motifs is 1. The van der Waals surface area contributed by atoms with Crippen molar-refractivity contribution in [2.24, 2.45) is 5.92 Å². The van der Waals surface area contributed by atoms with E-state index in [4.69, 9.17) is 0 Å². The molecular formula is C18H28N2O. The highest BCUT2D eigenvalue weighted by molar-refractivity contribution is 5.28. The summed E-state index contributed by atoms with van der Waals surface area (Å²) < 4.78 is 0. The molecule has 21 heavy (non-hydrogen) atoms. The highest BCUT2D eigenvalue weighted by atomic mass is 16.3. The predicted octanol–water partition coefficient (Wildman–Crippen LogP) is 1.84. The van der Waals surface area contributed by atoms with Crippen molar-refractivity contribution in [3.05, 3.63) is 35.4 Å². The van der Waals surface area contributed by atoms with E-state index in [1.54, 1.807) is 0 Å². The molecule has 0 radical (unpaired) electrons. The number of aliphatic hydroxyl groups is 1. The standard InChI is InChI=1S/C18H28N2O/c1-2-19-18(14-21,17-7-8-17)13-20-11-9-15-5-3-4-6-16(15)10-12-20/h3-6,17,19,21H,2,7-14H2,1H3. The van der Waals surface area contributed by atoms with Crippen LogP contribution in [0.3, 0.4) is 0 Å². The monoisotopic (exact) mass is 288 g/mol. The van der Waals surface area contributed by atoms with Gasteiger partial charge in [-0.3, -0.25) is 0 Å². The minimum Gasteiger partial charge on any atom is -0.394 e. The molecule has 3 rings (SSSR count). The zero-order chi connectivity index (χ0) is 14.7. The molecule has 0 saturated heterocycles. The maximum absolute atomic E-state index is 10.0. The second-order valence-electron chi connectivity index (χ2n) is 6.66. The maximum atomic E-state index is 10.0. The van der Waals surface area contributed by atoms with Gasteiger partial charge in [0.25, 0.3) is 0 Å². The van der Waals surface area contributed by atoms with E-state index in [2.05, 4.69) is 41.4 Å². The zero-order valence-electron chi connectivity index (χ0n) is 13.1. The number of likely N-dealkylation sites (N-methyl/N-ethyl adjacent to an activating group) is 1. The van der Waals surface area contributed by atoms with E-state index in [0.29, 0.717) is 5.92 Å². The van der Waals surface area contributed by atoms with E-state index in [-0.39, 0.29) is 12.1 Å². The van der Waals surface area contributed by atoms with Gasteiger partial charge >= 0.3 is 0 Å². The Balaban J connectivity index is 1.67. The summed E-state index contributed by atoms with van der Waals surface area (Å²) in [6, 6.07) is 8.83. The Morgan fingerprint density at radius 3 is 2.29 bits per heavy atom. The molecule has 116 valence electrons. The Hall–Kier alpha value is -0.900. The average Bonchev–Trinajstić information content (AvgIpc) is 3.35. The Kier molecular flexibility index (Phi) is 4.63. The van der Waals surface area contributed by atoms with E-state index in [9.17, 15) is 5.11 Å². The summed E-state index contributed by atoms with van der Waals surface area (Å²) in [6.07, 6.45) is 4.80. The van der Waals surface area contributed by atoms with Gasteiger partial charge in [-0.1, -0.05) is 31.2 Å². The second-order valence-corrected chi connectivity index (χ2v) is 6.66. The van der Waals surface area contributed by atoms with Crippen molar-refractivity contribution in [1.29, 1.82) is 0 Å².